The molecule has 0 spiro atoms. The third-order valence-corrected chi connectivity index (χ3v) is 1.53. The summed E-state index contributed by atoms with van der Waals surface area (Å²) in [5.74, 6) is 0.540. The van der Waals surface area contributed by atoms with Crippen molar-refractivity contribution in [1.82, 2.24) is 0 Å². The Morgan fingerprint density at radius 3 is 2.40 bits per heavy atom. The Morgan fingerprint density at radius 2 is 2.00 bits per heavy atom. The van der Waals surface area contributed by atoms with Gasteiger partial charge >= 0.3 is 0 Å². The van der Waals surface area contributed by atoms with Crippen LogP contribution in [0.4, 0.5) is 0 Å². The number of rotatable bonds is 4. The van der Waals surface area contributed by atoms with Crippen LogP contribution < -0.4 is 0 Å². The molecular weight excluding hydrogens is 126 g/mol. The minimum absolute atomic E-state index is 0.272. The van der Waals surface area contributed by atoms with Gasteiger partial charge in [0.05, 0.1) is 25.2 Å². The van der Waals surface area contributed by atoms with Gasteiger partial charge in [-0.05, 0) is 12.8 Å². The fourth-order valence-electron chi connectivity index (χ4n) is 0.483. The van der Waals surface area contributed by atoms with E-state index >= 15 is 0 Å². The van der Waals surface area contributed by atoms with Crippen LogP contribution in [0.2, 0.25) is 0 Å². The lowest BCUT2D eigenvalue weighted by atomic mass is 10.1. The summed E-state index contributed by atoms with van der Waals surface area (Å²) in [5, 5.41) is 8.19. The quantitative estimate of drug-likeness (QED) is 0.561. The normalized spacial score (nSPS) is 13.1. The molecule has 0 rings (SSSR count). The summed E-state index contributed by atoms with van der Waals surface area (Å²) in [6.45, 7) is 6.81. The van der Waals surface area contributed by atoms with E-state index < -0.39 is 0 Å². The van der Waals surface area contributed by atoms with Crippen molar-refractivity contribution in [1.29, 1.82) is 5.26 Å². The van der Waals surface area contributed by atoms with Gasteiger partial charge in [0.2, 0.25) is 0 Å². The molecule has 10 heavy (non-hydrogen) atoms. The number of hydrogen-bond donors (Lipinski definition) is 0. The zero-order valence-corrected chi connectivity index (χ0v) is 6.92. The highest BCUT2D eigenvalue weighted by Crippen LogP contribution is 2.04. The van der Waals surface area contributed by atoms with Crippen LogP contribution in [0.15, 0.2) is 0 Å². The van der Waals surface area contributed by atoms with Crippen LogP contribution in [0.3, 0.4) is 0 Å². The predicted octanol–water partition coefficient (Wildman–Crippen LogP) is 1.96. The molecule has 2 heteroatoms. The lowest BCUT2D eigenvalue weighted by Crippen LogP contribution is -2.15. The van der Waals surface area contributed by atoms with Gasteiger partial charge in [-0.2, -0.15) is 5.26 Å². The minimum Gasteiger partial charge on any atom is -0.377 e. The van der Waals surface area contributed by atoms with Crippen molar-refractivity contribution >= 4 is 0 Å². The smallest absolute Gasteiger partial charge is 0.0645 e. The Kier molecular flexibility index (Phi) is 4.96. The maximum atomic E-state index is 8.19. The van der Waals surface area contributed by atoms with Crippen molar-refractivity contribution in [3.8, 4) is 6.07 Å². The molecule has 1 atom stereocenters. The molecule has 0 saturated heterocycles. The van der Waals surface area contributed by atoms with E-state index in [-0.39, 0.29) is 6.10 Å². The van der Waals surface area contributed by atoms with Gasteiger partial charge in [0, 0.05) is 0 Å². The van der Waals surface area contributed by atoms with Crippen molar-refractivity contribution in [3.63, 3.8) is 0 Å². The Bertz CT molecular complexity index is 115. The highest BCUT2D eigenvalue weighted by Gasteiger charge is 2.05. The van der Waals surface area contributed by atoms with Gasteiger partial charge in [-0.3, -0.25) is 0 Å². The first-order chi connectivity index (χ1) is 4.68. The van der Waals surface area contributed by atoms with Gasteiger partial charge in [0.15, 0.2) is 0 Å². The second-order valence-electron chi connectivity index (χ2n) is 2.73. The summed E-state index contributed by atoms with van der Waals surface area (Å²) in [4.78, 5) is 0. The number of hydrogen-bond acceptors (Lipinski definition) is 2. The average molecular weight is 141 g/mol. The molecule has 1 unspecified atom stereocenters. The molecule has 2 nitrogen and oxygen atoms in total. The number of nitriles is 1. The zero-order valence-electron chi connectivity index (χ0n) is 6.92. The fourth-order valence-corrected chi connectivity index (χ4v) is 0.483. The summed E-state index contributed by atoms with van der Waals surface area (Å²) >= 11 is 0. The molecule has 0 amide bonds. The van der Waals surface area contributed by atoms with E-state index in [1.807, 2.05) is 13.0 Å². The molecule has 0 aliphatic rings. The van der Waals surface area contributed by atoms with Crippen LogP contribution in [-0.4, -0.2) is 12.7 Å². The maximum Gasteiger partial charge on any atom is 0.0645 e. The lowest BCUT2D eigenvalue weighted by Gasteiger charge is -2.14. The van der Waals surface area contributed by atoms with Gasteiger partial charge < -0.3 is 4.74 Å². The van der Waals surface area contributed by atoms with Gasteiger partial charge in [-0.25, -0.2) is 0 Å². The molecule has 0 aliphatic carbocycles. The Morgan fingerprint density at radius 1 is 1.40 bits per heavy atom. The highest BCUT2D eigenvalue weighted by molar-refractivity contribution is 4.68. The molecule has 0 aromatic carbocycles. The first-order valence-corrected chi connectivity index (χ1v) is 3.67. The van der Waals surface area contributed by atoms with E-state index in [9.17, 15) is 0 Å². The molecule has 0 fully saturated rings. The summed E-state index contributed by atoms with van der Waals surface area (Å²) in [5.41, 5.74) is 0. The first-order valence-electron chi connectivity index (χ1n) is 3.67. The van der Waals surface area contributed by atoms with E-state index in [0.29, 0.717) is 18.9 Å². The van der Waals surface area contributed by atoms with Crippen LogP contribution in [0, 0.1) is 17.2 Å². The van der Waals surface area contributed by atoms with Crippen LogP contribution in [-0.2, 0) is 4.74 Å². The van der Waals surface area contributed by atoms with Crippen molar-refractivity contribution in [2.24, 2.45) is 5.92 Å². The van der Waals surface area contributed by atoms with Crippen molar-refractivity contribution < 1.29 is 4.74 Å². The largest absolute Gasteiger partial charge is 0.377 e. The van der Waals surface area contributed by atoms with E-state index in [1.54, 1.807) is 0 Å². The van der Waals surface area contributed by atoms with Crippen LogP contribution >= 0.6 is 0 Å². The third-order valence-electron chi connectivity index (χ3n) is 1.53. The third kappa shape index (κ3) is 4.34. The fraction of sp³-hybridized carbons (Fsp3) is 0.875. The Hall–Kier alpha value is -0.550. The molecular formula is C8H15NO. The molecule has 0 bridgehead atoms. The predicted molar refractivity (Wildman–Crippen MR) is 40.5 cm³/mol. The highest BCUT2D eigenvalue weighted by atomic mass is 16.5. The van der Waals surface area contributed by atoms with Gasteiger partial charge in [0.25, 0.3) is 0 Å². The molecule has 58 valence electrons. The van der Waals surface area contributed by atoms with Crippen molar-refractivity contribution in [3.05, 3.63) is 0 Å². The summed E-state index contributed by atoms with van der Waals surface area (Å²) in [6.07, 6.45) is 0.769. The van der Waals surface area contributed by atoms with E-state index in [1.165, 1.54) is 0 Å². The number of ether oxygens (including phenoxy) is 1. The Balaban J connectivity index is 3.23. The molecule has 0 aromatic rings. The van der Waals surface area contributed by atoms with Gasteiger partial charge in [-0.15, -0.1) is 0 Å². The monoisotopic (exact) mass is 141 g/mol. The second-order valence-corrected chi connectivity index (χ2v) is 2.73. The standard InChI is InChI=1S/C8H15NO/c1-7(2)8(3)10-6-4-5-9/h7-8H,4,6H2,1-3H3. The van der Waals surface area contributed by atoms with Gasteiger partial charge in [-0.1, -0.05) is 13.8 Å². The second kappa shape index (κ2) is 5.25. The van der Waals surface area contributed by atoms with Crippen LogP contribution in [0.25, 0.3) is 0 Å². The molecule has 0 N–H and O–H groups in total. The zero-order chi connectivity index (χ0) is 7.98. The lowest BCUT2D eigenvalue weighted by molar-refractivity contribution is 0.0391. The summed E-state index contributed by atoms with van der Waals surface area (Å²) in [7, 11) is 0. The molecule has 0 saturated carbocycles. The van der Waals surface area contributed by atoms with Crippen LogP contribution in [0.1, 0.15) is 27.2 Å². The van der Waals surface area contributed by atoms with Crippen molar-refractivity contribution in [2.75, 3.05) is 6.61 Å². The Labute approximate surface area is 62.8 Å². The van der Waals surface area contributed by atoms with Crippen molar-refractivity contribution in [2.45, 2.75) is 33.3 Å². The SMILES string of the molecule is CC(C)C(C)OCCC#N. The minimum atomic E-state index is 0.272. The van der Waals surface area contributed by atoms with E-state index in [0.717, 1.165) is 0 Å². The molecule has 0 radical (unpaired) electrons. The topological polar surface area (TPSA) is 33.0 Å². The van der Waals surface area contributed by atoms with Crippen LogP contribution in [0.5, 0.6) is 0 Å². The van der Waals surface area contributed by atoms with E-state index in [2.05, 4.69) is 13.8 Å². The molecule has 0 aromatic heterocycles. The summed E-state index contributed by atoms with van der Waals surface area (Å²) < 4.78 is 5.32. The first kappa shape index (κ1) is 9.45. The molecule has 0 heterocycles. The van der Waals surface area contributed by atoms with Gasteiger partial charge in [0.1, 0.15) is 0 Å². The number of nitrogens with zero attached hydrogens (tertiary/aromatic N) is 1. The average Bonchev–Trinajstić information content (AvgIpc) is 1.88. The van der Waals surface area contributed by atoms with E-state index in [4.69, 9.17) is 10.00 Å². The molecule has 0 aliphatic heterocycles. The summed E-state index contributed by atoms with van der Waals surface area (Å²) in [6, 6.07) is 2.04. The maximum absolute atomic E-state index is 8.19.